The lowest BCUT2D eigenvalue weighted by molar-refractivity contribution is 0.236. The molecule has 3 N–H and O–H groups in total. The molecule has 140 valence electrons. The number of carbonyl (C=O) groups excluding carboxylic acids is 1. The average molecular weight is 377 g/mol. The van der Waals surface area contributed by atoms with Gasteiger partial charge in [0.15, 0.2) is 0 Å². The first-order chi connectivity index (χ1) is 12.4. The molecule has 0 aromatic heterocycles. The van der Waals surface area contributed by atoms with E-state index in [0.29, 0.717) is 18.7 Å². The summed E-state index contributed by atoms with van der Waals surface area (Å²) in [5.41, 5.74) is 1.79. The molecule has 0 bridgehead atoms. The molecule has 2 rings (SSSR count). The number of urea groups is 1. The first-order valence-corrected chi connectivity index (χ1v) is 9.63. The second-order valence-electron chi connectivity index (χ2n) is 5.63. The fourth-order valence-corrected chi connectivity index (χ4v) is 3.02. The predicted octanol–water partition coefficient (Wildman–Crippen LogP) is 1.78. The lowest BCUT2D eigenvalue weighted by Crippen LogP contribution is -2.37. The van der Waals surface area contributed by atoms with Gasteiger partial charge < -0.3 is 15.4 Å². The highest BCUT2D eigenvalue weighted by Gasteiger charge is 2.11. The second kappa shape index (κ2) is 9.21. The van der Waals surface area contributed by atoms with Crippen LogP contribution in [0.2, 0.25) is 0 Å². The summed E-state index contributed by atoms with van der Waals surface area (Å²) in [5.74, 6) is 0.759. The topological polar surface area (TPSA) is 96.5 Å². The summed E-state index contributed by atoms with van der Waals surface area (Å²) in [6.07, 6.45) is 0. The van der Waals surface area contributed by atoms with E-state index in [1.54, 1.807) is 12.1 Å². The third-order valence-corrected chi connectivity index (χ3v) is 4.99. The van der Waals surface area contributed by atoms with Crippen LogP contribution in [0, 0.1) is 6.92 Å². The van der Waals surface area contributed by atoms with Gasteiger partial charge in [-0.15, -0.1) is 0 Å². The van der Waals surface area contributed by atoms with Crippen LogP contribution in [-0.4, -0.2) is 34.6 Å². The molecular weight excluding hydrogens is 354 g/mol. The Bertz CT molecular complexity index is 853. The van der Waals surface area contributed by atoms with Crippen molar-refractivity contribution in [3.63, 3.8) is 0 Å². The number of carbonyl (C=O) groups is 1. The van der Waals surface area contributed by atoms with E-state index >= 15 is 0 Å². The molecule has 7 nitrogen and oxygen atoms in total. The highest BCUT2D eigenvalue weighted by atomic mass is 32.2. The largest absolute Gasteiger partial charge is 0.492 e. The molecule has 0 aliphatic rings. The van der Waals surface area contributed by atoms with E-state index in [1.807, 2.05) is 31.2 Å². The number of nitrogens with one attached hydrogen (secondary N) is 3. The Balaban J connectivity index is 1.74. The Hall–Kier alpha value is -2.58. The Morgan fingerprint density at radius 1 is 1.08 bits per heavy atom. The Morgan fingerprint density at radius 3 is 2.58 bits per heavy atom. The van der Waals surface area contributed by atoms with E-state index in [1.165, 1.54) is 19.2 Å². The van der Waals surface area contributed by atoms with E-state index in [9.17, 15) is 13.2 Å². The zero-order valence-electron chi connectivity index (χ0n) is 14.8. The highest BCUT2D eigenvalue weighted by Crippen LogP contribution is 2.12. The van der Waals surface area contributed by atoms with Gasteiger partial charge in [0.2, 0.25) is 10.0 Å². The Labute approximate surface area is 153 Å². The van der Waals surface area contributed by atoms with Gasteiger partial charge in [-0.3, -0.25) is 0 Å². The molecule has 0 heterocycles. The van der Waals surface area contributed by atoms with Crippen molar-refractivity contribution >= 4 is 16.1 Å². The summed E-state index contributed by atoms with van der Waals surface area (Å²) < 4.78 is 31.4. The zero-order valence-corrected chi connectivity index (χ0v) is 15.6. The van der Waals surface area contributed by atoms with Crippen LogP contribution in [0.15, 0.2) is 53.4 Å². The number of ether oxygens (including phenoxy) is 1. The molecule has 2 amide bonds. The summed E-state index contributed by atoms with van der Waals surface area (Å²) in [6, 6.07) is 13.7. The SMILES string of the molecule is CNS(=O)(=O)c1cccc(CNC(=O)NCCOc2cccc(C)c2)c1. The van der Waals surface area contributed by atoms with Crippen molar-refractivity contribution < 1.29 is 17.9 Å². The van der Waals surface area contributed by atoms with E-state index in [0.717, 1.165) is 11.3 Å². The third kappa shape index (κ3) is 6.05. The monoisotopic (exact) mass is 377 g/mol. The van der Waals surface area contributed by atoms with Crippen LogP contribution in [0.4, 0.5) is 4.79 Å². The van der Waals surface area contributed by atoms with Crippen molar-refractivity contribution in [3.8, 4) is 5.75 Å². The van der Waals surface area contributed by atoms with Crippen LogP contribution < -0.4 is 20.1 Å². The molecule has 26 heavy (non-hydrogen) atoms. The van der Waals surface area contributed by atoms with Gasteiger partial charge in [-0.05, 0) is 49.4 Å². The lowest BCUT2D eigenvalue weighted by Gasteiger charge is -2.10. The molecule has 0 aliphatic heterocycles. The third-order valence-electron chi connectivity index (χ3n) is 3.58. The normalized spacial score (nSPS) is 11.0. The molecule has 0 atom stereocenters. The van der Waals surface area contributed by atoms with Gasteiger partial charge in [0.1, 0.15) is 12.4 Å². The summed E-state index contributed by atoms with van der Waals surface area (Å²) >= 11 is 0. The van der Waals surface area contributed by atoms with Crippen LogP contribution in [0.1, 0.15) is 11.1 Å². The van der Waals surface area contributed by atoms with Gasteiger partial charge in [-0.2, -0.15) is 0 Å². The second-order valence-corrected chi connectivity index (χ2v) is 7.52. The van der Waals surface area contributed by atoms with Gasteiger partial charge in [0, 0.05) is 6.54 Å². The van der Waals surface area contributed by atoms with Gasteiger partial charge in [-0.1, -0.05) is 24.3 Å². The predicted molar refractivity (Wildman–Crippen MR) is 99.6 cm³/mol. The average Bonchev–Trinajstić information content (AvgIpc) is 2.64. The number of benzene rings is 2. The maximum Gasteiger partial charge on any atom is 0.315 e. The molecule has 0 aliphatic carbocycles. The number of hydrogen-bond acceptors (Lipinski definition) is 4. The highest BCUT2D eigenvalue weighted by molar-refractivity contribution is 7.89. The maximum absolute atomic E-state index is 11.8. The molecule has 0 saturated heterocycles. The molecule has 0 radical (unpaired) electrons. The van der Waals surface area contributed by atoms with Crippen molar-refractivity contribution in [2.75, 3.05) is 20.2 Å². The van der Waals surface area contributed by atoms with Gasteiger partial charge in [0.25, 0.3) is 0 Å². The van der Waals surface area contributed by atoms with Crippen LogP contribution in [-0.2, 0) is 16.6 Å². The summed E-state index contributed by atoms with van der Waals surface area (Å²) in [7, 11) is -2.15. The molecule has 2 aromatic carbocycles. The first-order valence-electron chi connectivity index (χ1n) is 8.14. The van der Waals surface area contributed by atoms with Gasteiger partial charge in [-0.25, -0.2) is 17.9 Å². The van der Waals surface area contributed by atoms with Crippen molar-refractivity contribution in [2.45, 2.75) is 18.4 Å². The summed E-state index contributed by atoms with van der Waals surface area (Å²) in [5, 5.41) is 5.37. The molecule has 2 aromatic rings. The number of hydrogen-bond donors (Lipinski definition) is 3. The van der Waals surface area contributed by atoms with Crippen LogP contribution >= 0.6 is 0 Å². The van der Waals surface area contributed by atoms with E-state index in [4.69, 9.17) is 4.74 Å². The summed E-state index contributed by atoms with van der Waals surface area (Å²) in [4.78, 5) is 12.0. The van der Waals surface area contributed by atoms with Crippen molar-refractivity contribution in [1.29, 1.82) is 0 Å². The number of aryl methyl sites for hydroxylation is 1. The van der Waals surface area contributed by atoms with Crippen LogP contribution in [0.5, 0.6) is 5.75 Å². The Kier molecular flexibility index (Phi) is 6.99. The molecular formula is C18H23N3O4S. The van der Waals surface area contributed by atoms with Gasteiger partial charge in [0.05, 0.1) is 11.4 Å². The van der Waals surface area contributed by atoms with E-state index in [2.05, 4.69) is 15.4 Å². The summed E-state index contributed by atoms with van der Waals surface area (Å²) in [6.45, 7) is 2.91. The molecule has 0 fully saturated rings. The zero-order chi connectivity index (χ0) is 19.0. The quantitative estimate of drug-likeness (QED) is 0.611. The minimum absolute atomic E-state index is 0.159. The van der Waals surface area contributed by atoms with E-state index in [-0.39, 0.29) is 17.5 Å². The lowest BCUT2D eigenvalue weighted by atomic mass is 10.2. The fourth-order valence-electron chi connectivity index (χ4n) is 2.22. The number of rotatable bonds is 8. The van der Waals surface area contributed by atoms with Crippen molar-refractivity contribution in [2.24, 2.45) is 0 Å². The fraction of sp³-hybridized carbons (Fsp3) is 0.278. The molecule has 0 saturated carbocycles. The molecule has 0 unspecified atom stereocenters. The molecule has 8 heteroatoms. The first kappa shape index (κ1) is 19.7. The maximum atomic E-state index is 11.8. The number of amides is 2. The minimum atomic E-state index is -3.50. The van der Waals surface area contributed by atoms with E-state index < -0.39 is 10.0 Å². The van der Waals surface area contributed by atoms with Crippen molar-refractivity contribution in [1.82, 2.24) is 15.4 Å². The smallest absolute Gasteiger partial charge is 0.315 e. The number of sulfonamides is 1. The minimum Gasteiger partial charge on any atom is -0.492 e. The molecule has 0 spiro atoms. The van der Waals surface area contributed by atoms with Crippen LogP contribution in [0.3, 0.4) is 0 Å². The van der Waals surface area contributed by atoms with Crippen LogP contribution in [0.25, 0.3) is 0 Å². The standard InChI is InChI=1S/C18H23N3O4S/c1-14-5-3-7-16(11-14)25-10-9-20-18(22)21-13-15-6-4-8-17(12-15)26(23,24)19-2/h3-8,11-12,19H,9-10,13H2,1-2H3,(H2,20,21,22). The van der Waals surface area contributed by atoms with Crippen molar-refractivity contribution in [3.05, 3.63) is 59.7 Å². The Morgan fingerprint density at radius 2 is 1.85 bits per heavy atom. The van der Waals surface area contributed by atoms with Gasteiger partial charge >= 0.3 is 6.03 Å².